The minimum atomic E-state index is -0.335. The first kappa shape index (κ1) is 11.5. The van der Waals surface area contributed by atoms with Crippen LogP contribution in [-0.2, 0) is 0 Å². The summed E-state index contributed by atoms with van der Waals surface area (Å²) in [6.45, 7) is 0. The lowest BCUT2D eigenvalue weighted by atomic mass is 9.78. The van der Waals surface area contributed by atoms with Crippen molar-refractivity contribution in [1.29, 1.82) is 0 Å². The first-order valence-corrected chi connectivity index (χ1v) is 6.42. The molecule has 0 radical (unpaired) electrons. The number of benzene rings is 1. The molecular weight excluding hydrogens is 233 g/mol. The van der Waals surface area contributed by atoms with Crippen LogP contribution < -0.4 is 4.74 Å². The van der Waals surface area contributed by atoms with Crippen molar-refractivity contribution in [3.8, 4) is 5.75 Å². The van der Waals surface area contributed by atoms with Gasteiger partial charge >= 0.3 is 0 Å². The summed E-state index contributed by atoms with van der Waals surface area (Å²) in [4.78, 5) is 0. The van der Waals surface area contributed by atoms with Crippen LogP contribution in [0.5, 0.6) is 5.75 Å². The smallest absolute Gasteiger partial charge is 0.129 e. The Labute approximate surface area is 105 Å². The van der Waals surface area contributed by atoms with Gasteiger partial charge in [-0.2, -0.15) is 0 Å². The summed E-state index contributed by atoms with van der Waals surface area (Å²) in [5, 5.41) is 12.5. The van der Waals surface area contributed by atoms with E-state index in [0.717, 1.165) is 25.7 Å². The molecular formula is C14H16FNO2. The molecule has 0 aromatic heterocycles. The van der Waals surface area contributed by atoms with Gasteiger partial charge in [-0.05, 0) is 43.9 Å². The highest BCUT2D eigenvalue weighted by molar-refractivity contribution is 6.04. The van der Waals surface area contributed by atoms with E-state index in [1.54, 1.807) is 6.07 Å². The van der Waals surface area contributed by atoms with Gasteiger partial charge in [-0.3, -0.25) is 0 Å². The molecule has 1 aromatic carbocycles. The zero-order chi connectivity index (χ0) is 12.6. The lowest BCUT2D eigenvalue weighted by Crippen LogP contribution is -2.43. The van der Waals surface area contributed by atoms with Crippen molar-refractivity contribution in [1.82, 2.24) is 0 Å². The fourth-order valence-corrected chi connectivity index (χ4v) is 3.05. The van der Waals surface area contributed by atoms with Crippen molar-refractivity contribution in [2.24, 2.45) is 5.16 Å². The molecule has 1 heterocycles. The number of hydrogen-bond donors (Lipinski definition) is 1. The van der Waals surface area contributed by atoms with Crippen molar-refractivity contribution in [2.75, 3.05) is 0 Å². The third-order valence-corrected chi connectivity index (χ3v) is 3.95. The number of fused-ring (bicyclic) bond motifs is 1. The topological polar surface area (TPSA) is 41.8 Å². The molecule has 0 unspecified atom stereocenters. The van der Waals surface area contributed by atoms with E-state index in [1.807, 2.05) is 0 Å². The Morgan fingerprint density at radius 1 is 1.22 bits per heavy atom. The molecule has 0 saturated heterocycles. The fourth-order valence-electron chi connectivity index (χ4n) is 3.05. The average Bonchev–Trinajstić information content (AvgIpc) is 2.39. The maximum Gasteiger partial charge on any atom is 0.129 e. The summed E-state index contributed by atoms with van der Waals surface area (Å²) >= 11 is 0. The highest BCUT2D eigenvalue weighted by atomic mass is 19.1. The van der Waals surface area contributed by atoms with E-state index in [1.165, 1.54) is 18.6 Å². The van der Waals surface area contributed by atoms with E-state index >= 15 is 0 Å². The summed E-state index contributed by atoms with van der Waals surface area (Å²) in [6.07, 6.45) is 6.02. The van der Waals surface area contributed by atoms with E-state index in [-0.39, 0.29) is 11.4 Å². The predicted octanol–water partition coefficient (Wildman–Crippen LogP) is 3.49. The van der Waals surface area contributed by atoms with Gasteiger partial charge in [0.2, 0.25) is 0 Å². The van der Waals surface area contributed by atoms with E-state index in [4.69, 9.17) is 9.94 Å². The van der Waals surface area contributed by atoms with Crippen LogP contribution in [0.1, 0.15) is 44.1 Å². The molecule has 18 heavy (non-hydrogen) atoms. The van der Waals surface area contributed by atoms with Gasteiger partial charge in [0.05, 0.1) is 5.71 Å². The number of ether oxygens (including phenoxy) is 1. The Hall–Kier alpha value is -1.58. The van der Waals surface area contributed by atoms with E-state index in [2.05, 4.69) is 5.16 Å². The quantitative estimate of drug-likeness (QED) is 0.565. The highest BCUT2D eigenvalue weighted by Gasteiger charge is 2.40. The normalized spacial score (nSPS) is 23.7. The van der Waals surface area contributed by atoms with Crippen LogP contribution in [0.25, 0.3) is 0 Å². The maximum absolute atomic E-state index is 13.2. The van der Waals surface area contributed by atoms with Gasteiger partial charge in [0, 0.05) is 12.0 Å². The predicted molar refractivity (Wildman–Crippen MR) is 65.8 cm³/mol. The molecule has 1 aromatic rings. The zero-order valence-corrected chi connectivity index (χ0v) is 10.2. The zero-order valence-electron chi connectivity index (χ0n) is 10.2. The molecule has 1 spiro atoms. The van der Waals surface area contributed by atoms with Crippen LogP contribution in [0.15, 0.2) is 23.4 Å². The van der Waals surface area contributed by atoms with Crippen LogP contribution in [0, 0.1) is 5.82 Å². The molecule has 1 aliphatic carbocycles. The van der Waals surface area contributed by atoms with E-state index < -0.39 is 0 Å². The molecule has 4 heteroatoms. The first-order valence-electron chi connectivity index (χ1n) is 6.42. The summed E-state index contributed by atoms with van der Waals surface area (Å²) in [7, 11) is 0. The Morgan fingerprint density at radius 2 is 2.00 bits per heavy atom. The first-order chi connectivity index (χ1) is 8.72. The van der Waals surface area contributed by atoms with Gasteiger partial charge in [-0.15, -0.1) is 0 Å². The molecule has 0 amide bonds. The Morgan fingerprint density at radius 3 is 2.72 bits per heavy atom. The van der Waals surface area contributed by atoms with Gasteiger partial charge in [-0.25, -0.2) is 4.39 Å². The largest absolute Gasteiger partial charge is 0.486 e. The second kappa shape index (κ2) is 4.26. The maximum atomic E-state index is 13.2. The Balaban J connectivity index is 2.02. The molecule has 0 bridgehead atoms. The van der Waals surface area contributed by atoms with E-state index in [9.17, 15) is 4.39 Å². The molecule has 0 atom stereocenters. The Bertz CT molecular complexity index is 493. The lowest BCUT2D eigenvalue weighted by Gasteiger charge is -2.41. The van der Waals surface area contributed by atoms with Crippen molar-refractivity contribution < 1.29 is 14.3 Å². The van der Waals surface area contributed by atoms with E-state index in [0.29, 0.717) is 23.4 Å². The van der Waals surface area contributed by atoms with Crippen molar-refractivity contribution in [3.05, 3.63) is 29.6 Å². The van der Waals surface area contributed by atoms with Crippen molar-refractivity contribution >= 4 is 5.71 Å². The molecule has 2 aliphatic rings. The van der Waals surface area contributed by atoms with Gasteiger partial charge < -0.3 is 9.94 Å². The van der Waals surface area contributed by atoms with Gasteiger partial charge in [0.1, 0.15) is 17.2 Å². The van der Waals surface area contributed by atoms with Crippen LogP contribution in [0.3, 0.4) is 0 Å². The SMILES string of the molecule is O/N=C1/CC2(CCCCC2)Oc2ccc(F)cc21. The second-order valence-electron chi connectivity index (χ2n) is 5.21. The van der Waals surface area contributed by atoms with Gasteiger partial charge in [0.15, 0.2) is 0 Å². The molecule has 1 fully saturated rings. The summed E-state index contributed by atoms with van der Waals surface area (Å²) in [6, 6.07) is 4.39. The summed E-state index contributed by atoms with van der Waals surface area (Å²) in [5.74, 6) is 0.301. The molecule has 1 N–H and O–H groups in total. The third-order valence-electron chi connectivity index (χ3n) is 3.95. The number of hydrogen-bond acceptors (Lipinski definition) is 3. The van der Waals surface area contributed by atoms with Gasteiger partial charge in [0.25, 0.3) is 0 Å². The standard InChI is InChI=1S/C14H16FNO2/c15-10-4-5-13-11(8-10)12(16-17)9-14(18-13)6-2-1-3-7-14/h4-5,8,17H,1-3,6-7,9H2/b16-12-. The number of rotatable bonds is 0. The second-order valence-corrected chi connectivity index (χ2v) is 5.21. The highest BCUT2D eigenvalue weighted by Crippen LogP contribution is 2.42. The molecule has 96 valence electrons. The molecule has 1 saturated carbocycles. The van der Waals surface area contributed by atoms with Gasteiger partial charge in [-0.1, -0.05) is 11.6 Å². The molecule has 1 aliphatic heterocycles. The van der Waals surface area contributed by atoms with Crippen LogP contribution in [-0.4, -0.2) is 16.5 Å². The minimum absolute atomic E-state index is 0.245. The number of oxime groups is 1. The van der Waals surface area contributed by atoms with Crippen molar-refractivity contribution in [2.45, 2.75) is 44.1 Å². The Kier molecular flexibility index (Phi) is 2.73. The number of nitrogens with zero attached hydrogens (tertiary/aromatic N) is 1. The minimum Gasteiger partial charge on any atom is -0.486 e. The summed E-state index contributed by atoms with van der Waals surface area (Å²) in [5.41, 5.74) is 0.872. The average molecular weight is 249 g/mol. The molecule has 3 nitrogen and oxygen atoms in total. The number of halogens is 1. The van der Waals surface area contributed by atoms with Crippen LogP contribution >= 0.6 is 0 Å². The lowest BCUT2D eigenvalue weighted by molar-refractivity contribution is 0.0312. The van der Waals surface area contributed by atoms with Crippen LogP contribution in [0.2, 0.25) is 0 Å². The van der Waals surface area contributed by atoms with Crippen molar-refractivity contribution in [3.63, 3.8) is 0 Å². The molecule has 3 rings (SSSR count). The van der Waals surface area contributed by atoms with Crippen LogP contribution in [0.4, 0.5) is 4.39 Å². The monoisotopic (exact) mass is 249 g/mol. The fraction of sp³-hybridized carbons (Fsp3) is 0.500. The summed E-state index contributed by atoms with van der Waals surface area (Å²) < 4.78 is 19.3. The third kappa shape index (κ3) is 1.85.